The molecule has 0 aliphatic heterocycles. The highest BCUT2D eigenvalue weighted by Gasteiger charge is 2.15. The Labute approximate surface area is 156 Å². The molecule has 0 radical (unpaired) electrons. The van der Waals surface area contributed by atoms with E-state index in [1.165, 1.54) is 12.1 Å². The molecule has 0 unspecified atom stereocenters. The molecule has 3 rings (SSSR count). The van der Waals surface area contributed by atoms with Crippen molar-refractivity contribution in [1.82, 2.24) is 0 Å². The van der Waals surface area contributed by atoms with Gasteiger partial charge in [0.15, 0.2) is 12.4 Å². The Morgan fingerprint density at radius 2 is 1.59 bits per heavy atom. The first-order valence-electron chi connectivity index (χ1n) is 8.41. The van der Waals surface area contributed by atoms with Gasteiger partial charge in [0.25, 0.3) is 5.91 Å². The highest BCUT2D eigenvalue weighted by atomic mass is 16.6. The van der Waals surface area contributed by atoms with Crippen LogP contribution in [-0.2, 0) is 11.2 Å². The molecular weight excluding hydrogens is 344 g/mol. The lowest BCUT2D eigenvalue weighted by atomic mass is 10.0. The fraction of sp³-hybridized carbons (Fsp3) is 0.0952. The van der Waals surface area contributed by atoms with E-state index in [9.17, 15) is 14.9 Å². The third-order valence-electron chi connectivity index (χ3n) is 3.95. The monoisotopic (exact) mass is 362 g/mol. The minimum Gasteiger partial charge on any atom is -0.477 e. The van der Waals surface area contributed by atoms with Crippen LogP contribution in [0, 0.1) is 10.1 Å². The van der Waals surface area contributed by atoms with Crippen molar-refractivity contribution in [1.29, 1.82) is 0 Å². The van der Waals surface area contributed by atoms with Crippen molar-refractivity contribution in [3.8, 4) is 5.75 Å². The van der Waals surface area contributed by atoms with Gasteiger partial charge >= 0.3 is 5.69 Å². The summed E-state index contributed by atoms with van der Waals surface area (Å²) in [6, 6.07) is 23.4. The van der Waals surface area contributed by atoms with Crippen molar-refractivity contribution in [2.24, 2.45) is 0 Å². The second-order valence-electron chi connectivity index (χ2n) is 5.88. The molecule has 0 saturated heterocycles. The van der Waals surface area contributed by atoms with Gasteiger partial charge in [-0.25, -0.2) is 0 Å². The molecule has 1 N–H and O–H groups in total. The number of nitrogens with zero attached hydrogens (tertiary/aromatic N) is 1. The van der Waals surface area contributed by atoms with Crippen LogP contribution < -0.4 is 10.1 Å². The number of carbonyl (C=O) groups is 1. The summed E-state index contributed by atoms with van der Waals surface area (Å²) in [5.74, 6) is -0.316. The Hall–Kier alpha value is -3.67. The van der Waals surface area contributed by atoms with Gasteiger partial charge in [-0.1, -0.05) is 60.7 Å². The number of amides is 1. The summed E-state index contributed by atoms with van der Waals surface area (Å²) in [6.45, 7) is -0.315. The van der Waals surface area contributed by atoms with Crippen LogP contribution in [0.4, 0.5) is 11.4 Å². The number of nitrogens with one attached hydrogen (secondary N) is 1. The number of nitro groups is 1. The zero-order valence-electron chi connectivity index (χ0n) is 14.5. The van der Waals surface area contributed by atoms with Crippen LogP contribution in [-0.4, -0.2) is 17.4 Å². The SMILES string of the molecule is O=C(COc1ccccc1[N+](=O)[O-])Nc1ccccc1Cc1ccccc1. The Morgan fingerprint density at radius 1 is 0.926 bits per heavy atom. The second kappa shape index (κ2) is 8.62. The lowest BCUT2D eigenvalue weighted by Crippen LogP contribution is -2.21. The topological polar surface area (TPSA) is 81.5 Å². The first-order chi connectivity index (χ1) is 13.1. The van der Waals surface area contributed by atoms with E-state index in [-0.39, 0.29) is 24.0 Å². The summed E-state index contributed by atoms with van der Waals surface area (Å²) in [4.78, 5) is 22.7. The average molecular weight is 362 g/mol. The fourth-order valence-electron chi connectivity index (χ4n) is 2.67. The molecule has 0 heterocycles. The minimum absolute atomic E-state index is 0.0650. The third-order valence-corrected chi connectivity index (χ3v) is 3.95. The van der Waals surface area contributed by atoms with E-state index in [0.29, 0.717) is 12.1 Å². The van der Waals surface area contributed by atoms with Gasteiger partial charge in [0.2, 0.25) is 0 Å². The standard InChI is InChI=1S/C21H18N2O4/c24-21(15-27-20-13-7-6-12-19(20)23(25)26)22-18-11-5-4-10-17(18)14-16-8-2-1-3-9-16/h1-13H,14-15H2,(H,22,24). The highest BCUT2D eigenvalue weighted by molar-refractivity contribution is 5.92. The Balaban J connectivity index is 1.66. The van der Waals surface area contributed by atoms with Gasteiger partial charge < -0.3 is 10.1 Å². The van der Waals surface area contributed by atoms with Gasteiger partial charge in [-0.2, -0.15) is 0 Å². The van der Waals surface area contributed by atoms with E-state index in [2.05, 4.69) is 5.32 Å². The summed E-state index contributed by atoms with van der Waals surface area (Å²) in [7, 11) is 0. The quantitative estimate of drug-likeness (QED) is 0.504. The van der Waals surface area contributed by atoms with Crippen LogP contribution in [0.3, 0.4) is 0 Å². The van der Waals surface area contributed by atoms with Crippen molar-refractivity contribution < 1.29 is 14.5 Å². The molecule has 0 bridgehead atoms. The predicted molar refractivity (Wildman–Crippen MR) is 103 cm³/mol. The van der Waals surface area contributed by atoms with Crippen LogP contribution in [0.5, 0.6) is 5.75 Å². The van der Waals surface area contributed by atoms with Gasteiger partial charge in [0.1, 0.15) is 0 Å². The number of rotatable bonds is 7. The summed E-state index contributed by atoms with van der Waals surface area (Å²) in [5.41, 5.74) is 2.63. The molecule has 27 heavy (non-hydrogen) atoms. The first-order valence-corrected chi connectivity index (χ1v) is 8.41. The molecule has 6 heteroatoms. The smallest absolute Gasteiger partial charge is 0.310 e. The number of benzene rings is 3. The van der Waals surface area contributed by atoms with Crippen molar-refractivity contribution in [3.63, 3.8) is 0 Å². The molecule has 136 valence electrons. The maximum atomic E-state index is 12.3. The molecular formula is C21H18N2O4. The number of anilines is 1. The third kappa shape index (κ3) is 4.92. The largest absolute Gasteiger partial charge is 0.477 e. The van der Waals surface area contributed by atoms with Crippen LogP contribution >= 0.6 is 0 Å². The predicted octanol–water partition coefficient (Wildman–Crippen LogP) is 4.20. The second-order valence-corrected chi connectivity index (χ2v) is 5.88. The molecule has 0 aliphatic carbocycles. The summed E-state index contributed by atoms with van der Waals surface area (Å²) in [5, 5.41) is 13.8. The molecule has 0 aromatic heterocycles. The number of nitro benzene ring substituents is 1. The molecule has 0 saturated carbocycles. The maximum absolute atomic E-state index is 12.3. The lowest BCUT2D eigenvalue weighted by Gasteiger charge is -2.12. The molecule has 3 aromatic rings. The zero-order valence-corrected chi connectivity index (χ0v) is 14.5. The van der Waals surface area contributed by atoms with E-state index in [1.807, 2.05) is 54.6 Å². The molecule has 0 spiro atoms. The van der Waals surface area contributed by atoms with Crippen molar-refractivity contribution in [3.05, 3.63) is 100 Å². The zero-order chi connectivity index (χ0) is 19.1. The van der Waals surface area contributed by atoms with E-state index < -0.39 is 4.92 Å². The molecule has 1 amide bonds. The maximum Gasteiger partial charge on any atom is 0.310 e. The lowest BCUT2D eigenvalue weighted by molar-refractivity contribution is -0.385. The van der Waals surface area contributed by atoms with Crippen LogP contribution in [0.2, 0.25) is 0 Å². The van der Waals surface area contributed by atoms with Gasteiger partial charge in [-0.15, -0.1) is 0 Å². The van der Waals surface area contributed by atoms with Crippen molar-refractivity contribution >= 4 is 17.3 Å². The minimum atomic E-state index is -0.539. The summed E-state index contributed by atoms with van der Waals surface area (Å²) >= 11 is 0. The number of ether oxygens (including phenoxy) is 1. The van der Waals surface area contributed by atoms with E-state index in [1.54, 1.807) is 12.1 Å². The van der Waals surface area contributed by atoms with Gasteiger partial charge in [-0.3, -0.25) is 14.9 Å². The van der Waals surface area contributed by atoms with Crippen LogP contribution in [0.15, 0.2) is 78.9 Å². The summed E-state index contributed by atoms with van der Waals surface area (Å²) in [6.07, 6.45) is 0.683. The van der Waals surface area contributed by atoms with Crippen molar-refractivity contribution in [2.75, 3.05) is 11.9 Å². The number of para-hydroxylation sites is 3. The highest BCUT2D eigenvalue weighted by Crippen LogP contribution is 2.26. The van der Waals surface area contributed by atoms with Crippen molar-refractivity contribution in [2.45, 2.75) is 6.42 Å². The average Bonchev–Trinajstić information content (AvgIpc) is 2.69. The molecule has 0 fully saturated rings. The summed E-state index contributed by atoms with van der Waals surface area (Å²) < 4.78 is 5.34. The van der Waals surface area contributed by atoms with Gasteiger partial charge in [0.05, 0.1) is 4.92 Å². The molecule has 6 nitrogen and oxygen atoms in total. The normalized spacial score (nSPS) is 10.2. The Morgan fingerprint density at radius 3 is 2.37 bits per heavy atom. The Kier molecular flexibility index (Phi) is 5.79. The van der Waals surface area contributed by atoms with Crippen LogP contribution in [0.1, 0.15) is 11.1 Å². The fourth-order valence-corrected chi connectivity index (χ4v) is 2.67. The van der Waals surface area contributed by atoms with Crippen LogP contribution in [0.25, 0.3) is 0 Å². The molecule has 0 aliphatic rings. The van der Waals surface area contributed by atoms with E-state index in [4.69, 9.17) is 4.74 Å². The number of hydrogen-bond donors (Lipinski definition) is 1. The van der Waals surface area contributed by atoms with Gasteiger partial charge in [-0.05, 0) is 29.7 Å². The van der Waals surface area contributed by atoms with Gasteiger partial charge in [0, 0.05) is 11.8 Å². The van der Waals surface area contributed by atoms with E-state index >= 15 is 0 Å². The first kappa shape index (κ1) is 18.1. The number of carbonyl (C=O) groups excluding carboxylic acids is 1. The Bertz CT molecular complexity index is 942. The van der Waals surface area contributed by atoms with E-state index in [0.717, 1.165) is 11.1 Å². The number of hydrogen-bond acceptors (Lipinski definition) is 4. The molecule has 3 aromatic carbocycles. The molecule has 0 atom stereocenters.